The second-order valence-corrected chi connectivity index (χ2v) is 2.41. The number of phenols is 2. The van der Waals surface area contributed by atoms with Crippen LogP contribution in [0, 0.1) is 6.92 Å². The molecule has 1 aromatic rings. The summed E-state index contributed by atoms with van der Waals surface area (Å²) >= 11 is 0. The van der Waals surface area contributed by atoms with Gasteiger partial charge in [0, 0.05) is 5.56 Å². The molecule has 1 rings (SSSR count). The summed E-state index contributed by atoms with van der Waals surface area (Å²) in [4.78, 5) is 10.5. The maximum Gasteiger partial charge on any atom is 0.336 e. The number of benzene rings is 1. The van der Waals surface area contributed by atoms with E-state index in [1.807, 2.05) is 0 Å². The third kappa shape index (κ3) is 1.18. The zero-order valence-corrected chi connectivity index (χ0v) is 6.40. The molecule has 0 aliphatic heterocycles. The Morgan fingerprint density at radius 1 is 1.33 bits per heavy atom. The third-order valence-corrected chi connectivity index (χ3v) is 1.64. The van der Waals surface area contributed by atoms with Crippen molar-refractivity contribution in [1.29, 1.82) is 0 Å². The zero-order chi connectivity index (χ0) is 9.30. The molecule has 0 bridgehead atoms. The van der Waals surface area contributed by atoms with Crippen LogP contribution in [0.1, 0.15) is 15.9 Å². The van der Waals surface area contributed by atoms with Crippen molar-refractivity contribution in [3.05, 3.63) is 23.3 Å². The second kappa shape index (κ2) is 2.73. The van der Waals surface area contributed by atoms with Gasteiger partial charge < -0.3 is 15.3 Å². The van der Waals surface area contributed by atoms with Crippen molar-refractivity contribution in [2.45, 2.75) is 6.92 Å². The Balaban J connectivity index is 3.36. The number of phenolic OH excluding ortho intramolecular Hbond substituents is 2. The van der Waals surface area contributed by atoms with E-state index < -0.39 is 5.97 Å². The van der Waals surface area contributed by atoms with E-state index >= 15 is 0 Å². The highest BCUT2D eigenvalue weighted by Crippen LogP contribution is 2.30. The first-order valence-corrected chi connectivity index (χ1v) is 3.29. The molecular weight excluding hydrogens is 160 g/mol. The van der Waals surface area contributed by atoms with Gasteiger partial charge >= 0.3 is 5.97 Å². The van der Waals surface area contributed by atoms with Gasteiger partial charge in [0.1, 0.15) is 0 Å². The lowest BCUT2D eigenvalue weighted by Gasteiger charge is -2.04. The SMILES string of the molecule is Cc1c(C(=O)O)ccc(O)c1O. The minimum Gasteiger partial charge on any atom is -0.504 e. The van der Waals surface area contributed by atoms with Crippen molar-refractivity contribution in [3.8, 4) is 11.5 Å². The Bertz CT molecular complexity index is 330. The first kappa shape index (κ1) is 8.39. The molecule has 64 valence electrons. The highest BCUT2D eigenvalue weighted by Gasteiger charge is 2.12. The number of carbonyl (C=O) groups is 1. The summed E-state index contributed by atoms with van der Waals surface area (Å²) in [6, 6.07) is 2.39. The van der Waals surface area contributed by atoms with Crippen LogP contribution < -0.4 is 0 Å². The van der Waals surface area contributed by atoms with Gasteiger partial charge in [-0.1, -0.05) is 0 Å². The van der Waals surface area contributed by atoms with Crippen molar-refractivity contribution in [2.75, 3.05) is 0 Å². The highest BCUT2D eigenvalue weighted by atomic mass is 16.4. The van der Waals surface area contributed by atoms with E-state index in [-0.39, 0.29) is 22.6 Å². The lowest BCUT2D eigenvalue weighted by atomic mass is 10.1. The van der Waals surface area contributed by atoms with E-state index in [4.69, 9.17) is 15.3 Å². The predicted octanol–water partition coefficient (Wildman–Crippen LogP) is 1.10. The summed E-state index contributed by atoms with van der Waals surface area (Å²) in [7, 11) is 0. The Hall–Kier alpha value is -1.71. The Morgan fingerprint density at radius 3 is 2.42 bits per heavy atom. The first-order chi connectivity index (χ1) is 5.54. The molecule has 4 heteroatoms. The van der Waals surface area contributed by atoms with Gasteiger partial charge in [-0.25, -0.2) is 4.79 Å². The maximum atomic E-state index is 10.5. The molecular formula is C8H8O4. The normalized spacial score (nSPS) is 9.75. The van der Waals surface area contributed by atoms with Crippen LogP contribution >= 0.6 is 0 Å². The molecule has 0 atom stereocenters. The summed E-state index contributed by atoms with van der Waals surface area (Å²) in [6.07, 6.45) is 0. The fraction of sp³-hybridized carbons (Fsp3) is 0.125. The molecule has 0 aliphatic carbocycles. The van der Waals surface area contributed by atoms with Gasteiger partial charge in [-0.05, 0) is 19.1 Å². The van der Waals surface area contributed by atoms with Crippen LogP contribution in [0.3, 0.4) is 0 Å². The van der Waals surface area contributed by atoms with Crippen LogP contribution in [0.5, 0.6) is 11.5 Å². The van der Waals surface area contributed by atoms with E-state index in [0.717, 1.165) is 6.07 Å². The number of rotatable bonds is 1. The molecule has 0 radical (unpaired) electrons. The second-order valence-electron chi connectivity index (χ2n) is 2.41. The van der Waals surface area contributed by atoms with Crippen LogP contribution in [0.2, 0.25) is 0 Å². The number of hydrogen-bond acceptors (Lipinski definition) is 3. The number of hydrogen-bond donors (Lipinski definition) is 3. The van der Waals surface area contributed by atoms with Crippen molar-refractivity contribution in [2.24, 2.45) is 0 Å². The number of carboxylic acids is 1. The van der Waals surface area contributed by atoms with E-state index in [1.54, 1.807) is 0 Å². The maximum absolute atomic E-state index is 10.5. The fourth-order valence-corrected chi connectivity index (χ4v) is 0.918. The minimum absolute atomic E-state index is 0.00898. The summed E-state index contributed by atoms with van der Waals surface area (Å²) in [6.45, 7) is 1.43. The van der Waals surface area contributed by atoms with E-state index in [2.05, 4.69) is 0 Å². The molecule has 0 aromatic heterocycles. The predicted molar refractivity (Wildman–Crippen MR) is 41.5 cm³/mol. The Labute approximate surface area is 68.7 Å². The Kier molecular flexibility index (Phi) is 1.91. The van der Waals surface area contributed by atoms with Gasteiger partial charge in [0.25, 0.3) is 0 Å². The molecule has 1 aromatic carbocycles. The van der Waals surface area contributed by atoms with Crippen LogP contribution in [0.25, 0.3) is 0 Å². The summed E-state index contributed by atoms with van der Waals surface area (Å²) in [5, 5.41) is 26.7. The molecule has 0 unspecified atom stereocenters. The lowest BCUT2D eigenvalue weighted by Crippen LogP contribution is -1.99. The number of aromatic hydroxyl groups is 2. The van der Waals surface area contributed by atoms with E-state index in [1.165, 1.54) is 13.0 Å². The quantitative estimate of drug-likeness (QED) is 0.549. The standard InChI is InChI=1S/C8H8O4/c1-4-5(8(11)12)2-3-6(9)7(4)10/h2-3,9-10H,1H3,(H,11,12). The molecule has 0 saturated heterocycles. The van der Waals surface area contributed by atoms with E-state index in [9.17, 15) is 4.79 Å². The van der Waals surface area contributed by atoms with Gasteiger partial charge in [0.15, 0.2) is 11.5 Å². The zero-order valence-electron chi connectivity index (χ0n) is 6.40. The first-order valence-electron chi connectivity index (χ1n) is 3.29. The van der Waals surface area contributed by atoms with Crippen molar-refractivity contribution >= 4 is 5.97 Å². The minimum atomic E-state index is -1.12. The number of carboxylic acid groups (broad SMARTS) is 1. The van der Waals surface area contributed by atoms with Crippen LogP contribution in [-0.2, 0) is 0 Å². The molecule has 0 heterocycles. The van der Waals surface area contributed by atoms with Gasteiger partial charge in [-0.2, -0.15) is 0 Å². The van der Waals surface area contributed by atoms with Gasteiger partial charge in [-0.15, -0.1) is 0 Å². The molecule has 0 saturated carbocycles. The fourth-order valence-electron chi connectivity index (χ4n) is 0.918. The summed E-state index contributed by atoms with van der Waals surface area (Å²) in [5.41, 5.74) is 0.160. The molecule has 0 spiro atoms. The van der Waals surface area contributed by atoms with Crippen molar-refractivity contribution < 1.29 is 20.1 Å². The molecule has 0 aliphatic rings. The average Bonchev–Trinajstić information content (AvgIpc) is 2.00. The highest BCUT2D eigenvalue weighted by molar-refractivity contribution is 5.90. The largest absolute Gasteiger partial charge is 0.504 e. The van der Waals surface area contributed by atoms with Crippen LogP contribution in [0.4, 0.5) is 0 Å². The van der Waals surface area contributed by atoms with E-state index in [0.29, 0.717) is 0 Å². The third-order valence-electron chi connectivity index (χ3n) is 1.64. The Morgan fingerprint density at radius 2 is 1.92 bits per heavy atom. The average molecular weight is 168 g/mol. The van der Waals surface area contributed by atoms with Crippen molar-refractivity contribution in [1.82, 2.24) is 0 Å². The molecule has 0 fully saturated rings. The molecule has 0 amide bonds. The van der Waals surface area contributed by atoms with Crippen LogP contribution in [0.15, 0.2) is 12.1 Å². The topological polar surface area (TPSA) is 77.8 Å². The summed E-state index contributed by atoms with van der Waals surface area (Å²) in [5.74, 6) is -1.81. The smallest absolute Gasteiger partial charge is 0.336 e. The monoisotopic (exact) mass is 168 g/mol. The molecule has 12 heavy (non-hydrogen) atoms. The van der Waals surface area contributed by atoms with Gasteiger partial charge in [0.05, 0.1) is 5.56 Å². The molecule has 3 N–H and O–H groups in total. The van der Waals surface area contributed by atoms with Gasteiger partial charge in [0.2, 0.25) is 0 Å². The summed E-state index contributed by atoms with van der Waals surface area (Å²) < 4.78 is 0. The number of aromatic carboxylic acids is 1. The molecule has 4 nitrogen and oxygen atoms in total. The lowest BCUT2D eigenvalue weighted by molar-refractivity contribution is 0.0695. The van der Waals surface area contributed by atoms with Gasteiger partial charge in [-0.3, -0.25) is 0 Å². The van der Waals surface area contributed by atoms with Crippen LogP contribution in [-0.4, -0.2) is 21.3 Å². The van der Waals surface area contributed by atoms with Crippen molar-refractivity contribution in [3.63, 3.8) is 0 Å².